The number of sulfonamides is 1. The minimum atomic E-state index is -4.71. The van der Waals surface area contributed by atoms with Crippen LogP contribution in [0.15, 0.2) is 77.7 Å². The molecule has 0 spiro atoms. The second-order valence-electron chi connectivity index (χ2n) is 8.84. The summed E-state index contributed by atoms with van der Waals surface area (Å²) >= 11 is 0. The number of hydrogen-bond donors (Lipinski definition) is 1. The van der Waals surface area contributed by atoms with E-state index in [0.717, 1.165) is 24.1 Å². The highest BCUT2D eigenvalue weighted by Gasteiger charge is 2.33. The van der Waals surface area contributed by atoms with E-state index in [0.29, 0.717) is 16.8 Å². The Hall–Kier alpha value is -3.73. The van der Waals surface area contributed by atoms with Crippen LogP contribution in [-0.2, 0) is 27.4 Å². The first kappa shape index (κ1) is 29.8. The van der Waals surface area contributed by atoms with Crippen molar-refractivity contribution in [3.8, 4) is 11.5 Å². The Morgan fingerprint density at radius 3 is 2.26 bits per heavy atom. The summed E-state index contributed by atoms with van der Waals surface area (Å²) in [6, 6.07) is 17.4. The fourth-order valence-electron chi connectivity index (χ4n) is 4.01. The Balaban J connectivity index is 1.91. The average Bonchev–Trinajstić information content (AvgIpc) is 2.93. The Bertz CT molecular complexity index is 1370. The minimum absolute atomic E-state index is 0.0841. The van der Waals surface area contributed by atoms with Gasteiger partial charge in [0.1, 0.15) is 6.54 Å². The van der Waals surface area contributed by atoms with Crippen LogP contribution in [0.3, 0.4) is 0 Å². The normalized spacial score (nSPS) is 12.5. The lowest BCUT2D eigenvalue weighted by Gasteiger charge is -2.26. The number of halogens is 3. The largest absolute Gasteiger partial charge is 0.493 e. The maximum atomic E-state index is 13.7. The number of nitrogens with zero attached hydrogens (tertiary/aromatic N) is 1. The van der Waals surface area contributed by atoms with Crippen LogP contribution >= 0.6 is 0 Å². The van der Waals surface area contributed by atoms with Crippen molar-refractivity contribution in [2.45, 2.75) is 30.8 Å². The number of rotatable bonds is 12. The maximum Gasteiger partial charge on any atom is 0.416 e. The summed E-state index contributed by atoms with van der Waals surface area (Å²) in [6.07, 6.45) is -3.24. The number of anilines is 1. The van der Waals surface area contributed by atoms with Crippen molar-refractivity contribution >= 4 is 21.6 Å². The molecule has 1 unspecified atom stereocenters. The molecule has 0 aromatic heterocycles. The Kier molecular flexibility index (Phi) is 9.85. The molecule has 1 N–H and O–H groups in total. The van der Waals surface area contributed by atoms with Crippen molar-refractivity contribution in [1.29, 1.82) is 0 Å². The van der Waals surface area contributed by atoms with Crippen LogP contribution in [-0.4, -0.2) is 41.6 Å². The molecule has 0 saturated heterocycles. The number of hydrogen-bond acceptors (Lipinski definition) is 5. The van der Waals surface area contributed by atoms with Gasteiger partial charge in [-0.1, -0.05) is 49.7 Å². The van der Waals surface area contributed by atoms with Gasteiger partial charge in [-0.15, -0.1) is 0 Å². The highest BCUT2D eigenvalue weighted by Crippen LogP contribution is 2.35. The van der Waals surface area contributed by atoms with Crippen molar-refractivity contribution in [1.82, 2.24) is 5.32 Å². The Morgan fingerprint density at radius 1 is 0.949 bits per heavy atom. The van der Waals surface area contributed by atoms with Gasteiger partial charge in [-0.25, -0.2) is 8.42 Å². The lowest BCUT2D eigenvalue weighted by Crippen LogP contribution is -2.42. The van der Waals surface area contributed by atoms with Gasteiger partial charge in [0.2, 0.25) is 5.91 Å². The van der Waals surface area contributed by atoms with E-state index in [2.05, 4.69) is 5.32 Å². The molecule has 0 bridgehead atoms. The number of carbonyl (C=O) groups is 1. The van der Waals surface area contributed by atoms with E-state index in [1.54, 1.807) is 0 Å². The first-order valence-electron chi connectivity index (χ1n) is 12.2. The third-order valence-electron chi connectivity index (χ3n) is 6.22. The summed E-state index contributed by atoms with van der Waals surface area (Å²) in [5, 5.41) is 2.75. The topological polar surface area (TPSA) is 84.9 Å². The predicted molar refractivity (Wildman–Crippen MR) is 142 cm³/mol. The highest BCUT2D eigenvalue weighted by atomic mass is 32.2. The molecule has 0 saturated carbocycles. The van der Waals surface area contributed by atoms with Gasteiger partial charge in [-0.3, -0.25) is 9.10 Å². The summed E-state index contributed by atoms with van der Waals surface area (Å²) < 4.78 is 78.7. The summed E-state index contributed by atoms with van der Waals surface area (Å²) in [6.45, 7) is 1.53. The predicted octanol–water partition coefficient (Wildman–Crippen LogP) is 5.30. The number of ether oxygens (including phenoxy) is 2. The molecule has 11 heteroatoms. The highest BCUT2D eigenvalue weighted by molar-refractivity contribution is 7.92. The van der Waals surface area contributed by atoms with E-state index in [-0.39, 0.29) is 34.5 Å². The van der Waals surface area contributed by atoms with Crippen LogP contribution in [0.2, 0.25) is 0 Å². The molecule has 39 heavy (non-hydrogen) atoms. The van der Waals surface area contributed by atoms with Gasteiger partial charge in [0.25, 0.3) is 10.0 Å². The molecule has 0 fully saturated rings. The molecule has 3 rings (SSSR count). The number of alkyl halides is 3. The monoisotopic (exact) mass is 564 g/mol. The average molecular weight is 565 g/mol. The van der Waals surface area contributed by atoms with E-state index < -0.39 is 34.2 Å². The van der Waals surface area contributed by atoms with Crippen molar-refractivity contribution < 1.29 is 35.9 Å². The van der Waals surface area contributed by atoms with Gasteiger partial charge >= 0.3 is 6.18 Å². The first-order valence-corrected chi connectivity index (χ1v) is 13.7. The molecule has 3 aromatic rings. The van der Waals surface area contributed by atoms with Crippen molar-refractivity contribution in [2.75, 3.05) is 31.6 Å². The number of methoxy groups -OCH3 is 2. The molecule has 0 heterocycles. The number of amides is 1. The Labute approximate surface area is 226 Å². The van der Waals surface area contributed by atoms with Gasteiger partial charge in [-0.2, -0.15) is 13.2 Å². The number of carbonyl (C=O) groups excluding carboxylic acids is 1. The zero-order valence-electron chi connectivity index (χ0n) is 21.9. The second-order valence-corrected chi connectivity index (χ2v) is 10.7. The van der Waals surface area contributed by atoms with Crippen molar-refractivity contribution in [2.24, 2.45) is 5.92 Å². The fraction of sp³-hybridized carbons (Fsp3) is 0.321. The number of benzene rings is 3. The zero-order valence-corrected chi connectivity index (χ0v) is 22.7. The molecule has 3 aromatic carbocycles. The Morgan fingerprint density at radius 2 is 1.64 bits per heavy atom. The van der Waals surface area contributed by atoms with Crippen LogP contribution in [0.25, 0.3) is 0 Å². The van der Waals surface area contributed by atoms with E-state index >= 15 is 0 Å². The molecule has 7 nitrogen and oxygen atoms in total. The van der Waals surface area contributed by atoms with Crippen LogP contribution in [0.4, 0.5) is 18.9 Å². The second kappa shape index (κ2) is 12.9. The summed E-state index contributed by atoms with van der Waals surface area (Å²) in [4.78, 5) is 12.7. The summed E-state index contributed by atoms with van der Waals surface area (Å²) in [5.74, 6) is -0.189. The quantitative estimate of drug-likeness (QED) is 0.323. The van der Waals surface area contributed by atoms with E-state index in [1.165, 1.54) is 38.5 Å². The molecule has 210 valence electrons. The SMILES string of the molecule is CCC(CNC(=O)CN(c1cccc(C(F)(F)F)c1)S(=O)(=O)c1ccc(OC)c(OC)c1)Cc1ccccc1. The third kappa shape index (κ3) is 7.66. The minimum Gasteiger partial charge on any atom is -0.493 e. The third-order valence-corrected chi connectivity index (χ3v) is 7.99. The van der Waals surface area contributed by atoms with Gasteiger partial charge in [0.05, 0.1) is 30.4 Å². The van der Waals surface area contributed by atoms with Crippen LogP contribution < -0.4 is 19.1 Å². The van der Waals surface area contributed by atoms with Crippen molar-refractivity contribution in [3.05, 3.63) is 83.9 Å². The van der Waals surface area contributed by atoms with Gasteiger partial charge in [-0.05, 0) is 48.2 Å². The standard InChI is InChI=1S/C28H31F3N2O5S/c1-4-20(15-21-9-6-5-7-10-21)18-32-27(34)19-33(23-12-8-11-22(16-23)28(29,30)31)39(35,36)24-13-14-25(37-2)26(17-24)38-3/h5-14,16-17,20H,4,15,18-19H2,1-3H3,(H,32,34). The van der Waals surface area contributed by atoms with E-state index in [1.807, 2.05) is 37.3 Å². The smallest absolute Gasteiger partial charge is 0.416 e. The molecular weight excluding hydrogens is 533 g/mol. The molecule has 1 atom stereocenters. The molecule has 0 aliphatic rings. The van der Waals surface area contributed by atoms with Crippen LogP contribution in [0, 0.1) is 5.92 Å². The zero-order chi connectivity index (χ0) is 28.6. The maximum absolute atomic E-state index is 13.7. The molecule has 0 aliphatic heterocycles. The van der Waals surface area contributed by atoms with Gasteiger partial charge in [0, 0.05) is 12.6 Å². The summed E-state index contributed by atoms with van der Waals surface area (Å²) in [5.41, 5.74) is -0.242. The van der Waals surface area contributed by atoms with Crippen LogP contribution in [0.1, 0.15) is 24.5 Å². The number of nitrogens with one attached hydrogen (secondary N) is 1. The lowest BCUT2D eigenvalue weighted by molar-refractivity contribution is -0.137. The van der Waals surface area contributed by atoms with Gasteiger partial charge < -0.3 is 14.8 Å². The van der Waals surface area contributed by atoms with Crippen LogP contribution in [0.5, 0.6) is 11.5 Å². The van der Waals surface area contributed by atoms with Gasteiger partial charge in [0.15, 0.2) is 11.5 Å². The van der Waals surface area contributed by atoms with E-state index in [9.17, 15) is 26.4 Å². The first-order chi connectivity index (χ1) is 18.5. The molecule has 1 amide bonds. The van der Waals surface area contributed by atoms with E-state index in [4.69, 9.17) is 9.47 Å². The lowest BCUT2D eigenvalue weighted by atomic mass is 9.97. The summed E-state index contributed by atoms with van der Waals surface area (Å²) in [7, 11) is -1.79. The molecule has 0 aliphatic carbocycles. The molecule has 0 radical (unpaired) electrons. The van der Waals surface area contributed by atoms with Crippen molar-refractivity contribution in [3.63, 3.8) is 0 Å². The fourth-order valence-corrected chi connectivity index (χ4v) is 5.44. The molecular formula is C28H31F3N2O5S.